The molecule has 0 aliphatic heterocycles. The van der Waals surface area contributed by atoms with Crippen LogP contribution in [0.2, 0.25) is 0 Å². The molecule has 2 nitrogen and oxygen atoms in total. The van der Waals surface area contributed by atoms with E-state index < -0.39 is 0 Å². The summed E-state index contributed by atoms with van der Waals surface area (Å²) in [5, 5.41) is 0. The zero-order chi connectivity index (χ0) is 9.97. The Morgan fingerprint density at radius 3 is 2.21 bits per heavy atom. The third kappa shape index (κ3) is 1.94. The highest BCUT2D eigenvalue weighted by atomic mass is 15.4. The Morgan fingerprint density at radius 2 is 1.64 bits per heavy atom. The molecule has 1 fully saturated rings. The van der Waals surface area contributed by atoms with Gasteiger partial charge in [0, 0.05) is 18.4 Å². The summed E-state index contributed by atoms with van der Waals surface area (Å²) in [6.07, 6.45) is 8.28. The molecule has 1 heterocycles. The fourth-order valence-corrected chi connectivity index (χ4v) is 2.53. The first-order chi connectivity index (χ1) is 6.77. The predicted octanol–water partition coefficient (Wildman–Crippen LogP) is 2.86. The van der Waals surface area contributed by atoms with E-state index in [0.29, 0.717) is 6.04 Å². The van der Waals surface area contributed by atoms with Gasteiger partial charge in [0.15, 0.2) is 0 Å². The van der Waals surface area contributed by atoms with Crippen molar-refractivity contribution in [2.75, 3.05) is 5.43 Å². The van der Waals surface area contributed by atoms with Gasteiger partial charge in [-0.05, 0) is 36.8 Å². The maximum Gasteiger partial charge on any atom is 0.0475 e. The van der Waals surface area contributed by atoms with Gasteiger partial charge < -0.3 is 5.43 Å². The monoisotopic (exact) mass is 192 g/mol. The van der Waals surface area contributed by atoms with E-state index >= 15 is 0 Å². The Bertz CT molecular complexity index is 256. The van der Waals surface area contributed by atoms with Crippen molar-refractivity contribution in [3.8, 4) is 0 Å². The first kappa shape index (κ1) is 9.63. The lowest BCUT2D eigenvalue weighted by Gasteiger charge is -2.35. The summed E-state index contributed by atoms with van der Waals surface area (Å²) in [5.41, 5.74) is 3.58. The SMILES string of the molecule is CC1CCCC(C)C1Nn1cccc1. The minimum absolute atomic E-state index is 0.635. The fourth-order valence-electron chi connectivity index (χ4n) is 2.53. The first-order valence-electron chi connectivity index (χ1n) is 5.67. The van der Waals surface area contributed by atoms with Crippen LogP contribution in [0.4, 0.5) is 0 Å². The van der Waals surface area contributed by atoms with Crippen LogP contribution in [0.5, 0.6) is 0 Å². The van der Waals surface area contributed by atoms with Crippen LogP contribution in [-0.4, -0.2) is 10.7 Å². The highest BCUT2D eigenvalue weighted by molar-refractivity contribution is 4.98. The van der Waals surface area contributed by atoms with Crippen LogP contribution in [-0.2, 0) is 0 Å². The summed E-state index contributed by atoms with van der Waals surface area (Å²) in [7, 11) is 0. The van der Waals surface area contributed by atoms with Gasteiger partial charge in [-0.25, -0.2) is 0 Å². The van der Waals surface area contributed by atoms with Crippen molar-refractivity contribution in [1.82, 2.24) is 4.68 Å². The molecule has 2 unspecified atom stereocenters. The first-order valence-corrected chi connectivity index (χ1v) is 5.67. The van der Waals surface area contributed by atoms with E-state index in [0.717, 1.165) is 11.8 Å². The summed E-state index contributed by atoms with van der Waals surface area (Å²) in [6, 6.07) is 4.76. The summed E-state index contributed by atoms with van der Waals surface area (Å²) in [4.78, 5) is 0. The zero-order valence-corrected chi connectivity index (χ0v) is 9.11. The van der Waals surface area contributed by atoms with E-state index in [1.165, 1.54) is 19.3 Å². The van der Waals surface area contributed by atoms with Gasteiger partial charge in [-0.3, -0.25) is 4.68 Å². The van der Waals surface area contributed by atoms with Crippen molar-refractivity contribution in [2.24, 2.45) is 11.8 Å². The van der Waals surface area contributed by atoms with Gasteiger partial charge in [-0.1, -0.05) is 20.3 Å². The van der Waals surface area contributed by atoms with Crippen LogP contribution < -0.4 is 5.43 Å². The second kappa shape index (κ2) is 4.07. The molecule has 1 aliphatic carbocycles. The summed E-state index contributed by atoms with van der Waals surface area (Å²) < 4.78 is 2.09. The maximum absolute atomic E-state index is 3.58. The van der Waals surface area contributed by atoms with Crippen molar-refractivity contribution in [3.63, 3.8) is 0 Å². The molecule has 0 bridgehead atoms. The highest BCUT2D eigenvalue weighted by Gasteiger charge is 2.27. The van der Waals surface area contributed by atoms with Crippen molar-refractivity contribution in [2.45, 2.75) is 39.2 Å². The Labute approximate surface area is 86.3 Å². The zero-order valence-electron chi connectivity index (χ0n) is 9.11. The van der Waals surface area contributed by atoms with Crippen molar-refractivity contribution in [1.29, 1.82) is 0 Å². The second-order valence-electron chi connectivity index (χ2n) is 4.63. The largest absolute Gasteiger partial charge is 0.323 e. The van der Waals surface area contributed by atoms with Gasteiger partial charge in [-0.15, -0.1) is 0 Å². The molecule has 1 saturated carbocycles. The van der Waals surface area contributed by atoms with Gasteiger partial charge in [0.05, 0.1) is 0 Å². The number of rotatable bonds is 2. The lowest BCUT2D eigenvalue weighted by molar-refractivity contribution is 0.254. The van der Waals surface area contributed by atoms with Crippen LogP contribution in [0.1, 0.15) is 33.1 Å². The number of nitrogens with one attached hydrogen (secondary N) is 1. The molecule has 1 aromatic heterocycles. The summed E-state index contributed by atoms with van der Waals surface area (Å²) in [5.74, 6) is 1.59. The van der Waals surface area contributed by atoms with Crippen LogP contribution >= 0.6 is 0 Å². The minimum atomic E-state index is 0.635. The molecule has 0 radical (unpaired) electrons. The normalized spacial score (nSPS) is 32.9. The average Bonchev–Trinajstić information content (AvgIpc) is 2.64. The Balaban J connectivity index is 2.01. The van der Waals surface area contributed by atoms with E-state index in [4.69, 9.17) is 0 Å². The Hall–Kier alpha value is -0.920. The number of aromatic nitrogens is 1. The number of nitrogens with zero attached hydrogens (tertiary/aromatic N) is 1. The van der Waals surface area contributed by atoms with Crippen LogP contribution in [0, 0.1) is 11.8 Å². The van der Waals surface area contributed by atoms with Gasteiger partial charge in [0.2, 0.25) is 0 Å². The lowest BCUT2D eigenvalue weighted by atomic mass is 9.79. The molecule has 1 N–H and O–H groups in total. The van der Waals surface area contributed by atoms with Crippen molar-refractivity contribution < 1.29 is 0 Å². The molecular formula is C12H20N2. The summed E-state index contributed by atoms with van der Waals surface area (Å²) >= 11 is 0. The molecule has 1 aliphatic rings. The van der Waals surface area contributed by atoms with Gasteiger partial charge in [0.1, 0.15) is 0 Å². The molecule has 2 heteroatoms. The molecule has 1 aromatic rings. The molecule has 0 spiro atoms. The summed E-state index contributed by atoms with van der Waals surface area (Å²) in [6.45, 7) is 4.72. The third-order valence-electron chi connectivity index (χ3n) is 3.45. The number of hydrogen-bond donors (Lipinski definition) is 1. The number of hydrogen-bond acceptors (Lipinski definition) is 1. The van der Waals surface area contributed by atoms with Gasteiger partial charge in [-0.2, -0.15) is 0 Å². The molecule has 0 saturated heterocycles. The standard InChI is InChI=1S/C12H20N2/c1-10-6-5-7-11(2)12(10)13-14-8-3-4-9-14/h3-4,8-13H,5-7H2,1-2H3. The average molecular weight is 192 g/mol. The van der Waals surface area contributed by atoms with Crippen LogP contribution in [0.15, 0.2) is 24.5 Å². The molecule has 2 atom stereocenters. The Morgan fingerprint density at radius 1 is 1.07 bits per heavy atom. The van der Waals surface area contributed by atoms with Crippen LogP contribution in [0.3, 0.4) is 0 Å². The smallest absolute Gasteiger partial charge is 0.0475 e. The van der Waals surface area contributed by atoms with Gasteiger partial charge in [0.25, 0.3) is 0 Å². The van der Waals surface area contributed by atoms with E-state index in [2.05, 4.69) is 48.5 Å². The van der Waals surface area contributed by atoms with E-state index in [1.807, 2.05) is 0 Å². The lowest BCUT2D eigenvalue weighted by Crippen LogP contribution is -2.40. The quantitative estimate of drug-likeness (QED) is 0.762. The molecule has 14 heavy (non-hydrogen) atoms. The molecule has 0 amide bonds. The van der Waals surface area contributed by atoms with Crippen molar-refractivity contribution in [3.05, 3.63) is 24.5 Å². The van der Waals surface area contributed by atoms with Gasteiger partial charge >= 0.3 is 0 Å². The molecular weight excluding hydrogens is 172 g/mol. The third-order valence-corrected chi connectivity index (χ3v) is 3.45. The molecule has 78 valence electrons. The molecule has 0 aromatic carbocycles. The van der Waals surface area contributed by atoms with E-state index in [1.54, 1.807) is 0 Å². The second-order valence-corrected chi connectivity index (χ2v) is 4.63. The fraction of sp³-hybridized carbons (Fsp3) is 0.667. The maximum atomic E-state index is 3.58. The Kier molecular flexibility index (Phi) is 2.80. The topological polar surface area (TPSA) is 17.0 Å². The minimum Gasteiger partial charge on any atom is -0.323 e. The van der Waals surface area contributed by atoms with E-state index in [9.17, 15) is 0 Å². The molecule has 2 rings (SSSR count). The van der Waals surface area contributed by atoms with Crippen LogP contribution in [0.25, 0.3) is 0 Å². The predicted molar refractivity (Wildman–Crippen MR) is 59.8 cm³/mol. The highest BCUT2D eigenvalue weighted by Crippen LogP contribution is 2.29. The van der Waals surface area contributed by atoms with Crippen molar-refractivity contribution >= 4 is 0 Å². The van der Waals surface area contributed by atoms with E-state index in [-0.39, 0.29) is 0 Å².